The first kappa shape index (κ1) is 11.8. The van der Waals surface area contributed by atoms with Gasteiger partial charge < -0.3 is 10.8 Å². The van der Waals surface area contributed by atoms with Crippen molar-refractivity contribution in [2.45, 2.75) is 12.8 Å². The van der Waals surface area contributed by atoms with E-state index < -0.39 is 11.9 Å². The summed E-state index contributed by atoms with van der Waals surface area (Å²) in [5.74, 6) is 3.29. The second kappa shape index (κ2) is 5.56. The normalized spacial score (nSPS) is 9.00. The minimum atomic E-state index is -0.863. The molecule has 0 unspecified atom stereocenters. The number of hydrogen-bond acceptors (Lipinski definition) is 2. The van der Waals surface area contributed by atoms with Crippen LogP contribution in [0.2, 0.25) is 0 Å². The number of rotatable bonds is 3. The number of aryl methyl sites for hydroxylation is 1. The number of amides is 1. The van der Waals surface area contributed by atoms with Crippen molar-refractivity contribution in [3.63, 3.8) is 0 Å². The first-order chi connectivity index (χ1) is 7.59. The lowest BCUT2D eigenvalue weighted by molar-refractivity contribution is -0.137. The molecular weight excluding hydrogens is 206 g/mol. The predicted molar refractivity (Wildman–Crippen MR) is 58.5 cm³/mol. The molecule has 0 saturated carbocycles. The number of nitrogens with two attached hydrogens (primary N) is 1. The molecule has 0 aliphatic rings. The van der Waals surface area contributed by atoms with E-state index in [1.54, 1.807) is 24.3 Å². The van der Waals surface area contributed by atoms with Gasteiger partial charge in [-0.1, -0.05) is 24.1 Å². The van der Waals surface area contributed by atoms with Gasteiger partial charge in [0.05, 0.1) is 0 Å². The maximum absolute atomic E-state index is 10.5. The molecule has 1 rings (SSSR count). The lowest BCUT2D eigenvalue weighted by Gasteiger charge is -2.01. The Hall–Kier alpha value is -2.28. The molecule has 1 aromatic carbocycles. The second-order valence-electron chi connectivity index (χ2n) is 3.17. The highest BCUT2D eigenvalue weighted by molar-refractivity contribution is 5.92. The fraction of sp³-hybridized carbons (Fsp3) is 0.167. The van der Waals surface area contributed by atoms with E-state index in [4.69, 9.17) is 10.8 Å². The largest absolute Gasteiger partial charge is 0.481 e. The molecule has 0 atom stereocenters. The molecule has 3 N–H and O–H groups in total. The number of carboxylic acid groups (broad SMARTS) is 1. The topological polar surface area (TPSA) is 80.4 Å². The Kier molecular flexibility index (Phi) is 4.10. The van der Waals surface area contributed by atoms with E-state index in [-0.39, 0.29) is 6.42 Å². The molecule has 1 aromatic rings. The Bertz CT molecular complexity index is 469. The van der Waals surface area contributed by atoms with Crippen LogP contribution < -0.4 is 5.73 Å². The van der Waals surface area contributed by atoms with Crippen LogP contribution in [0.1, 0.15) is 17.5 Å². The van der Waals surface area contributed by atoms with Gasteiger partial charge in [0.25, 0.3) is 5.91 Å². The van der Waals surface area contributed by atoms with Gasteiger partial charge in [-0.15, -0.1) is 0 Å². The molecule has 0 fully saturated rings. The van der Waals surface area contributed by atoms with Crippen LogP contribution in [-0.2, 0) is 16.0 Å². The summed E-state index contributed by atoms with van der Waals surface area (Å²) in [6.45, 7) is 0. The third-order valence-electron chi connectivity index (χ3n) is 1.95. The van der Waals surface area contributed by atoms with Crippen molar-refractivity contribution >= 4 is 11.9 Å². The van der Waals surface area contributed by atoms with Crippen LogP contribution in [-0.4, -0.2) is 17.0 Å². The monoisotopic (exact) mass is 217 g/mol. The molecular formula is C12H11NO3. The fourth-order valence-electron chi connectivity index (χ4n) is 1.23. The lowest BCUT2D eigenvalue weighted by atomic mass is 10.0. The van der Waals surface area contributed by atoms with Crippen LogP contribution >= 0.6 is 0 Å². The second-order valence-corrected chi connectivity index (χ2v) is 3.17. The molecule has 82 valence electrons. The Morgan fingerprint density at radius 3 is 2.62 bits per heavy atom. The lowest BCUT2D eigenvalue weighted by Crippen LogP contribution is -2.06. The summed E-state index contributed by atoms with van der Waals surface area (Å²) in [5.41, 5.74) is 6.35. The van der Waals surface area contributed by atoms with Gasteiger partial charge in [-0.2, -0.15) is 0 Å². The Labute approximate surface area is 93.1 Å². The summed E-state index contributed by atoms with van der Waals surface area (Å²) in [6.07, 6.45) is 0.425. The van der Waals surface area contributed by atoms with E-state index in [0.717, 1.165) is 5.56 Å². The number of aliphatic carboxylic acids is 1. The van der Waals surface area contributed by atoms with E-state index in [0.29, 0.717) is 12.0 Å². The van der Waals surface area contributed by atoms with Gasteiger partial charge in [0.15, 0.2) is 0 Å². The number of benzene rings is 1. The molecule has 0 aliphatic carbocycles. The standard InChI is InChI=1S/C12H11NO3/c13-11(14)7-5-9-3-1-2-4-10(9)6-8-12(15)16/h1-4H,6,8H2,(H2,13,14)(H,15,16). The van der Waals surface area contributed by atoms with Crippen molar-refractivity contribution in [1.82, 2.24) is 0 Å². The molecule has 0 saturated heterocycles. The van der Waals surface area contributed by atoms with Crippen LogP contribution in [0.4, 0.5) is 0 Å². The van der Waals surface area contributed by atoms with Gasteiger partial charge in [-0.05, 0) is 24.0 Å². The first-order valence-corrected chi connectivity index (χ1v) is 4.70. The first-order valence-electron chi connectivity index (χ1n) is 4.70. The van der Waals surface area contributed by atoms with E-state index >= 15 is 0 Å². The van der Waals surface area contributed by atoms with Crippen molar-refractivity contribution in [3.8, 4) is 11.8 Å². The fourth-order valence-corrected chi connectivity index (χ4v) is 1.23. The Morgan fingerprint density at radius 2 is 2.00 bits per heavy atom. The summed E-state index contributed by atoms with van der Waals surface area (Å²) in [6, 6.07) is 7.09. The maximum atomic E-state index is 10.5. The smallest absolute Gasteiger partial charge is 0.303 e. The molecule has 4 nitrogen and oxygen atoms in total. The molecule has 16 heavy (non-hydrogen) atoms. The molecule has 0 aromatic heterocycles. The van der Waals surface area contributed by atoms with Crippen molar-refractivity contribution in [2.24, 2.45) is 5.73 Å². The highest BCUT2D eigenvalue weighted by Crippen LogP contribution is 2.09. The zero-order valence-electron chi connectivity index (χ0n) is 8.56. The number of hydrogen-bond donors (Lipinski definition) is 2. The quantitative estimate of drug-likeness (QED) is 0.725. The van der Waals surface area contributed by atoms with Crippen LogP contribution in [0.3, 0.4) is 0 Å². The van der Waals surface area contributed by atoms with E-state index in [2.05, 4.69) is 11.8 Å². The van der Waals surface area contributed by atoms with Crippen molar-refractivity contribution < 1.29 is 14.7 Å². The summed E-state index contributed by atoms with van der Waals surface area (Å²) >= 11 is 0. The number of carbonyl (C=O) groups excluding carboxylic acids is 1. The van der Waals surface area contributed by atoms with Crippen LogP contribution in [0.25, 0.3) is 0 Å². The molecule has 0 spiro atoms. The van der Waals surface area contributed by atoms with E-state index in [1.165, 1.54) is 0 Å². The maximum Gasteiger partial charge on any atom is 0.303 e. The molecule has 0 radical (unpaired) electrons. The highest BCUT2D eigenvalue weighted by atomic mass is 16.4. The third kappa shape index (κ3) is 3.84. The predicted octanol–water partition coefficient (Wildman–Crippen LogP) is 0.541. The SMILES string of the molecule is NC(=O)C#Cc1ccccc1CCC(=O)O. The van der Waals surface area contributed by atoms with Gasteiger partial charge in [-0.25, -0.2) is 0 Å². The zero-order chi connectivity index (χ0) is 12.0. The Balaban J connectivity index is 2.88. The average molecular weight is 217 g/mol. The van der Waals surface area contributed by atoms with Gasteiger partial charge in [0.2, 0.25) is 0 Å². The summed E-state index contributed by atoms with van der Waals surface area (Å²) in [4.78, 5) is 20.9. The molecule has 4 heteroatoms. The molecule has 0 aliphatic heterocycles. The van der Waals surface area contributed by atoms with Crippen molar-refractivity contribution in [2.75, 3.05) is 0 Å². The van der Waals surface area contributed by atoms with Gasteiger partial charge in [0.1, 0.15) is 0 Å². The van der Waals surface area contributed by atoms with Crippen LogP contribution in [0.15, 0.2) is 24.3 Å². The van der Waals surface area contributed by atoms with Gasteiger partial charge in [0, 0.05) is 12.0 Å². The summed E-state index contributed by atoms with van der Waals surface area (Å²) < 4.78 is 0. The summed E-state index contributed by atoms with van der Waals surface area (Å²) in [5, 5.41) is 8.57. The molecule has 1 amide bonds. The van der Waals surface area contributed by atoms with Crippen molar-refractivity contribution in [3.05, 3.63) is 35.4 Å². The number of carbonyl (C=O) groups is 2. The highest BCUT2D eigenvalue weighted by Gasteiger charge is 2.02. The zero-order valence-corrected chi connectivity index (χ0v) is 8.56. The van der Waals surface area contributed by atoms with Crippen LogP contribution in [0, 0.1) is 11.8 Å². The third-order valence-corrected chi connectivity index (χ3v) is 1.95. The minimum Gasteiger partial charge on any atom is -0.481 e. The molecule has 0 bridgehead atoms. The van der Waals surface area contributed by atoms with Crippen molar-refractivity contribution in [1.29, 1.82) is 0 Å². The number of carboxylic acids is 1. The van der Waals surface area contributed by atoms with Crippen LogP contribution in [0.5, 0.6) is 0 Å². The van der Waals surface area contributed by atoms with E-state index in [9.17, 15) is 9.59 Å². The molecule has 0 heterocycles. The van der Waals surface area contributed by atoms with Gasteiger partial charge in [-0.3, -0.25) is 9.59 Å². The number of primary amides is 1. The Morgan fingerprint density at radius 1 is 1.31 bits per heavy atom. The average Bonchev–Trinajstić information content (AvgIpc) is 2.24. The minimum absolute atomic E-state index is 0.0370. The van der Waals surface area contributed by atoms with Gasteiger partial charge >= 0.3 is 5.97 Å². The van der Waals surface area contributed by atoms with E-state index in [1.807, 2.05) is 0 Å². The summed E-state index contributed by atoms with van der Waals surface area (Å²) in [7, 11) is 0.